The van der Waals surface area contributed by atoms with Crippen molar-refractivity contribution in [1.82, 2.24) is 5.43 Å². The molecular weight excluding hydrogens is 378 g/mol. The molecule has 0 spiro atoms. The van der Waals surface area contributed by atoms with Crippen molar-refractivity contribution in [3.8, 4) is 0 Å². The summed E-state index contributed by atoms with van der Waals surface area (Å²) in [5.41, 5.74) is 3.56. The Morgan fingerprint density at radius 1 is 1.04 bits per heavy atom. The minimum absolute atomic E-state index is 0.532. The number of nitrogens with zero attached hydrogens (tertiary/aromatic N) is 1. The standard InChI is InChI=1S/C16H14BrN3O2S/c1-23-14-8-2-11(3-9-14)10-18-20-16(22)15(21)19-13-6-4-12(17)5-7-13/h2-10H,1H3,(H,19,21)(H,20,22)/b18-10-. The summed E-state index contributed by atoms with van der Waals surface area (Å²) in [5, 5.41) is 6.26. The number of rotatable bonds is 4. The van der Waals surface area contributed by atoms with Crippen LogP contribution in [0.4, 0.5) is 5.69 Å². The van der Waals surface area contributed by atoms with Gasteiger partial charge in [0.25, 0.3) is 0 Å². The Morgan fingerprint density at radius 3 is 2.30 bits per heavy atom. The summed E-state index contributed by atoms with van der Waals surface area (Å²) in [5.74, 6) is -1.60. The number of halogens is 1. The number of anilines is 1. The van der Waals surface area contributed by atoms with E-state index in [1.165, 1.54) is 6.21 Å². The van der Waals surface area contributed by atoms with E-state index >= 15 is 0 Å². The van der Waals surface area contributed by atoms with E-state index in [9.17, 15) is 9.59 Å². The summed E-state index contributed by atoms with van der Waals surface area (Å²) < 4.78 is 0.886. The van der Waals surface area contributed by atoms with Gasteiger partial charge in [0.15, 0.2) is 0 Å². The van der Waals surface area contributed by atoms with Gasteiger partial charge in [0.05, 0.1) is 6.21 Å². The number of hydrazone groups is 1. The first-order chi connectivity index (χ1) is 11.1. The topological polar surface area (TPSA) is 70.6 Å². The molecule has 2 aromatic rings. The molecule has 23 heavy (non-hydrogen) atoms. The average Bonchev–Trinajstić information content (AvgIpc) is 2.57. The van der Waals surface area contributed by atoms with Gasteiger partial charge in [0.1, 0.15) is 0 Å². The van der Waals surface area contributed by atoms with Crippen molar-refractivity contribution in [2.45, 2.75) is 4.90 Å². The first-order valence-corrected chi connectivity index (χ1v) is 8.64. The molecule has 0 saturated carbocycles. The van der Waals surface area contributed by atoms with Crippen LogP contribution in [0.2, 0.25) is 0 Å². The summed E-state index contributed by atoms with van der Waals surface area (Å²) in [6.07, 6.45) is 3.47. The molecule has 0 heterocycles. The SMILES string of the molecule is CSc1ccc(/C=N\NC(=O)C(=O)Nc2ccc(Br)cc2)cc1. The van der Waals surface area contributed by atoms with Crippen LogP contribution < -0.4 is 10.7 Å². The van der Waals surface area contributed by atoms with Crippen LogP contribution in [-0.2, 0) is 9.59 Å². The fourth-order valence-electron chi connectivity index (χ4n) is 1.63. The van der Waals surface area contributed by atoms with Crippen molar-refractivity contribution >= 4 is 51.4 Å². The molecule has 2 aromatic carbocycles. The van der Waals surface area contributed by atoms with Gasteiger partial charge in [0.2, 0.25) is 0 Å². The van der Waals surface area contributed by atoms with Crippen molar-refractivity contribution in [1.29, 1.82) is 0 Å². The lowest BCUT2D eigenvalue weighted by Crippen LogP contribution is -2.32. The zero-order valence-corrected chi connectivity index (χ0v) is 14.6. The van der Waals surface area contributed by atoms with Crippen LogP contribution in [0, 0.1) is 0 Å². The van der Waals surface area contributed by atoms with E-state index < -0.39 is 11.8 Å². The van der Waals surface area contributed by atoms with Crippen LogP contribution in [0.25, 0.3) is 0 Å². The van der Waals surface area contributed by atoms with E-state index in [-0.39, 0.29) is 0 Å². The highest BCUT2D eigenvalue weighted by Crippen LogP contribution is 2.14. The lowest BCUT2D eigenvalue weighted by molar-refractivity contribution is -0.136. The highest BCUT2D eigenvalue weighted by atomic mass is 79.9. The first kappa shape index (κ1) is 17.2. The monoisotopic (exact) mass is 391 g/mol. The third-order valence-corrected chi connectivity index (χ3v) is 4.08. The number of benzene rings is 2. The second-order valence-corrected chi connectivity index (χ2v) is 6.23. The van der Waals surface area contributed by atoms with Gasteiger partial charge in [-0.3, -0.25) is 9.59 Å². The summed E-state index contributed by atoms with van der Waals surface area (Å²) in [6, 6.07) is 14.6. The van der Waals surface area contributed by atoms with Crippen LogP contribution >= 0.6 is 27.7 Å². The van der Waals surface area contributed by atoms with E-state index in [1.807, 2.05) is 30.5 Å². The Kier molecular flexibility index (Phi) is 6.37. The van der Waals surface area contributed by atoms with Crippen molar-refractivity contribution in [3.05, 3.63) is 58.6 Å². The second-order valence-electron chi connectivity index (χ2n) is 4.43. The Hall–Kier alpha value is -2.12. The molecule has 0 saturated heterocycles. The molecule has 0 atom stereocenters. The molecule has 0 unspecified atom stereocenters. The molecule has 0 aliphatic carbocycles. The van der Waals surface area contributed by atoms with E-state index in [0.29, 0.717) is 5.69 Å². The Morgan fingerprint density at radius 2 is 1.70 bits per heavy atom. The van der Waals surface area contributed by atoms with E-state index in [0.717, 1.165) is 14.9 Å². The van der Waals surface area contributed by atoms with Crippen molar-refractivity contribution < 1.29 is 9.59 Å². The molecular formula is C16H14BrN3O2S. The third-order valence-electron chi connectivity index (χ3n) is 2.80. The zero-order chi connectivity index (χ0) is 16.7. The van der Waals surface area contributed by atoms with Gasteiger partial charge < -0.3 is 5.32 Å². The Labute approximate surface area is 146 Å². The summed E-state index contributed by atoms with van der Waals surface area (Å²) in [6.45, 7) is 0. The van der Waals surface area contributed by atoms with Gasteiger partial charge in [-0.15, -0.1) is 11.8 Å². The van der Waals surface area contributed by atoms with Crippen LogP contribution in [0.15, 0.2) is 63.0 Å². The van der Waals surface area contributed by atoms with Crippen molar-refractivity contribution in [2.24, 2.45) is 5.10 Å². The number of hydrogen-bond acceptors (Lipinski definition) is 4. The quantitative estimate of drug-likeness (QED) is 0.363. The van der Waals surface area contributed by atoms with Gasteiger partial charge in [-0.2, -0.15) is 5.10 Å². The molecule has 2 N–H and O–H groups in total. The molecule has 5 nitrogen and oxygen atoms in total. The summed E-state index contributed by atoms with van der Waals surface area (Å²) >= 11 is 4.94. The number of carbonyl (C=O) groups is 2. The molecule has 0 radical (unpaired) electrons. The Balaban J connectivity index is 1.86. The molecule has 0 aliphatic rings. The number of thioether (sulfide) groups is 1. The number of nitrogens with one attached hydrogen (secondary N) is 2. The maximum Gasteiger partial charge on any atom is 0.329 e. The maximum absolute atomic E-state index is 11.7. The minimum Gasteiger partial charge on any atom is -0.318 e. The summed E-state index contributed by atoms with van der Waals surface area (Å²) in [4.78, 5) is 24.5. The van der Waals surface area contributed by atoms with E-state index in [2.05, 4.69) is 31.8 Å². The number of hydrogen-bond donors (Lipinski definition) is 2. The summed E-state index contributed by atoms with van der Waals surface area (Å²) in [7, 11) is 0. The highest BCUT2D eigenvalue weighted by Gasteiger charge is 2.12. The minimum atomic E-state index is -0.829. The fourth-order valence-corrected chi connectivity index (χ4v) is 2.30. The second kappa shape index (κ2) is 8.50. The van der Waals surface area contributed by atoms with Crippen molar-refractivity contribution in [2.75, 3.05) is 11.6 Å². The normalized spacial score (nSPS) is 10.5. The van der Waals surface area contributed by atoms with E-state index in [4.69, 9.17) is 0 Å². The van der Waals surface area contributed by atoms with Gasteiger partial charge in [0, 0.05) is 15.1 Å². The predicted molar refractivity (Wildman–Crippen MR) is 96.7 cm³/mol. The molecule has 0 aromatic heterocycles. The van der Waals surface area contributed by atoms with Gasteiger partial charge in [-0.1, -0.05) is 28.1 Å². The lowest BCUT2D eigenvalue weighted by Gasteiger charge is -2.03. The zero-order valence-electron chi connectivity index (χ0n) is 12.2. The smallest absolute Gasteiger partial charge is 0.318 e. The number of carbonyl (C=O) groups excluding carboxylic acids is 2. The largest absolute Gasteiger partial charge is 0.329 e. The van der Waals surface area contributed by atoms with Crippen LogP contribution in [0.5, 0.6) is 0 Å². The molecule has 2 rings (SSSR count). The number of amides is 2. The molecule has 2 amide bonds. The first-order valence-electron chi connectivity index (χ1n) is 6.62. The average molecular weight is 392 g/mol. The Bertz CT molecular complexity index is 715. The lowest BCUT2D eigenvalue weighted by atomic mass is 10.2. The maximum atomic E-state index is 11.7. The third kappa shape index (κ3) is 5.54. The fraction of sp³-hybridized carbons (Fsp3) is 0.0625. The van der Waals surface area contributed by atoms with Gasteiger partial charge in [-0.05, 0) is 48.2 Å². The molecule has 0 aliphatic heterocycles. The highest BCUT2D eigenvalue weighted by molar-refractivity contribution is 9.10. The molecule has 7 heteroatoms. The van der Waals surface area contributed by atoms with E-state index in [1.54, 1.807) is 36.0 Å². The molecule has 118 valence electrons. The van der Waals surface area contributed by atoms with Crippen molar-refractivity contribution in [3.63, 3.8) is 0 Å². The van der Waals surface area contributed by atoms with Gasteiger partial charge >= 0.3 is 11.8 Å². The van der Waals surface area contributed by atoms with Crippen LogP contribution in [0.1, 0.15) is 5.56 Å². The molecule has 0 bridgehead atoms. The van der Waals surface area contributed by atoms with Crippen LogP contribution in [0.3, 0.4) is 0 Å². The van der Waals surface area contributed by atoms with Crippen LogP contribution in [-0.4, -0.2) is 24.3 Å². The van der Waals surface area contributed by atoms with Gasteiger partial charge in [-0.25, -0.2) is 5.43 Å². The predicted octanol–water partition coefficient (Wildman–Crippen LogP) is 3.26. The molecule has 0 fully saturated rings.